The summed E-state index contributed by atoms with van der Waals surface area (Å²) in [4.78, 5) is 0. The van der Waals surface area contributed by atoms with Gasteiger partial charge in [0.1, 0.15) is 0 Å². The summed E-state index contributed by atoms with van der Waals surface area (Å²) in [7, 11) is 0. The first-order valence-electron chi connectivity index (χ1n) is 6.29. The molecule has 1 aliphatic heterocycles. The first-order chi connectivity index (χ1) is 8.09. The largest absolute Gasteiger partial charge is 0.454 e. The molecule has 3 rings (SSSR count). The van der Waals surface area contributed by atoms with Crippen molar-refractivity contribution in [2.75, 3.05) is 6.79 Å². The van der Waals surface area contributed by atoms with Gasteiger partial charge in [-0.25, -0.2) is 0 Å². The highest BCUT2D eigenvalue weighted by atomic mass is 16.7. The molecule has 0 atom stereocenters. The number of fused-ring (bicyclic) bond motifs is 1. The van der Waals surface area contributed by atoms with Crippen LogP contribution < -0.4 is 15.2 Å². The van der Waals surface area contributed by atoms with Crippen molar-refractivity contribution < 1.29 is 9.47 Å². The van der Waals surface area contributed by atoms with Crippen LogP contribution in [0.1, 0.15) is 43.7 Å². The van der Waals surface area contributed by atoms with Gasteiger partial charge in [0, 0.05) is 11.1 Å². The third kappa shape index (κ3) is 1.89. The van der Waals surface area contributed by atoms with E-state index in [-0.39, 0.29) is 5.54 Å². The molecule has 1 aromatic carbocycles. The minimum absolute atomic E-state index is 0.0390. The molecule has 0 aromatic heterocycles. The van der Waals surface area contributed by atoms with Crippen LogP contribution in [-0.2, 0) is 6.42 Å². The molecule has 2 aliphatic rings. The van der Waals surface area contributed by atoms with Crippen molar-refractivity contribution in [2.24, 2.45) is 5.73 Å². The van der Waals surface area contributed by atoms with Crippen molar-refractivity contribution >= 4 is 0 Å². The minimum Gasteiger partial charge on any atom is -0.454 e. The van der Waals surface area contributed by atoms with Gasteiger partial charge in [-0.1, -0.05) is 19.9 Å². The number of hydrogen-bond acceptors (Lipinski definition) is 3. The Hall–Kier alpha value is -1.22. The summed E-state index contributed by atoms with van der Waals surface area (Å²) in [6.07, 6.45) is 3.23. The first kappa shape index (κ1) is 10.9. The highest BCUT2D eigenvalue weighted by Crippen LogP contribution is 2.44. The summed E-state index contributed by atoms with van der Waals surface area (Å²) in [5.74, 6) is 2.24. The molecule has 1 aliphatic carbocycles. The highest BCUT2D eigenvalue weighted by Gasteiger charge is 2.39. The Balaban J connectivity index is 2.02. The molecule has 0 bridgehead atoms. The van der Waals surface area contributed by atoms with E-state index in [4.69, 9.17) is 15.2 Å². The summed E-state index contributed by atoms with van der Waals surface area (Å²) in [5.41, 5.74) is 8.86. The van der Waals surface area contributed by atoms with E-state index in [1.54, 1.807) is 0 Å². The van der Waals surface area contributed by atoms with Crippen molar-refractivity contribution in [3.8, 4) is 11.5 Å². The van der Waals surface area contributed by atoms with Gasteiger partial charge in [0.2, 0.25) is 6.79 Å². The Labute approximate surface area is 102 Å². The van der Waals surface area contributed by atoms with Crippen LogP contribution >= 0.6 is 0 Å². The average Bonchev–Trinajstić information content (AvgIpc) is 2.81. The molecule has 1 fully saturated rings. The molecule has 1 saturated carbocycles. The molecule has 1 aromatic rings. The lowest BCUT2D eigenvalue weighted by Gasteiger charge is -2.18. The summed E-state index contributed by atoms with van der Waals surface area (Å²) < 4.78 is 11.0. The van der Waals surface area contributed by atoms with Gasteiger partial charge in [0.15, 0.2) is 11.5 Å². The van der Waals surface area contributed by atoms with E-state index in [0.717, 1.165) is 30.8 Å². The normalized spacial score (nSPS) is 19.8. The third-order valence-electron chi connectivity index (χ3n) is 3.68. The van der Waals surface area contributed by atoms with Crippen molar-refractivity contribution in [1.82, 2.24) is 0 Å². The quantitative estimate of drug-likeness (QED) is 0.872. The Bertz CT molecular complexity index is 450. The lowest BCUT2D eigenvalue weighted by Crippen LogP contribution is -2.25. The van der Waals surface area contributed by atoms with Gasteiger partial charge in [-0.15, -0.1) is 0 Å². The Kier molecular flexibility index (Phi) is 2.33. The van der Waals surface area contributed by atoms with Crippen LogP contribution in [0.2, 0.25) is 0 Å². The van der Waals surface area contributed by atoms with Gasteiger partial charge in [0.05, 0.1) is 0 Å². The van der Waals surface area contributed by atoms with Crippen LogP contribution in [0.5, 0.6) is 11.5 Å². The maximum Gasteiger partial charge on any atom is 0.231 e. The smallest absolute Gasteiger partial charge is 0.231 e. The molecule has 2 N–H and O–H groups in total. The fraction of sp³-hybridized carbons (Fsp3) is 0.571. The molecular formula is C14H19NO2. The van der Waals surface area contributed by atoms with E-state index in [9.17, 15) is 0 Å². The predicted octanol–water partition coefficient (Wildman–Crippen LogP) is 2.57. The van der Waals surface area contributed by atoms with E-state index in [2.05, 4.69) is 19.9 Å². The molecule has 0 radical (unpaired) electrons. The van der Waals surface area contributed by atoms with E-state index in [0.29, 0.717) is 12.7 Å². The Morgan fingerprint density at radius 2 is 2.06 bits per heavy atom. The fourth-order valence-electron chi connectivity index (χ4n) is 2.54. The molecule has 1 heterocycles. The Morgan fingerprint density at radius 1 is 1.29 bits per heavy atom. The minimum atomic E-state index is 0.0390. The fourth-order valence-corrected chi connectivity index (χ4v) is 2.54. The standard InChI is InChI=1S/C14H19NO2/c1-9(2)12-10(7-14(15)5-6-14)3-4-11-13(12)17-8-16-11/h3-4,9H,5-8,15H2,1-2H3. The van der Waals surface area contributed by atoms with Gasteiger partial charge in [-0.3, -0.25) is 0 Å². The highest BCUT2D eigenvalue weighted by molar-refractivity contribution is 5.54. The maximum absolute atomic E-state index is 6.22. The third-order valence-corrected chi connectivity index (χ3v) is 3.68. The molecule has 17 heavy (non-hydrogen) atoms. The van der Waals surface area contributed by atoms with Crippen LogP contribution in [0, 0.1) is 0 Å². The number of benzene rings is 1. The monoisotopic (exact) mass is 233 g/mol. The van der Waals surface area contributed by atoms with Crippen molar-refractivity contribution in [1.29, 1.82) is 0 Å². The number of rotatable bonds is 3. The summed E-state index contributed by atoms with van der Waals surface area (Å²) in [6, 6.07) is 4.16. The van der Waals surface area contributed by atoms with Gasteiger partial charge >= 0.3 is 0 Å². The second-order valence-corrected chi connectivity index (χ2v) is 5.57. The molecule has 3 nitrogen and oxygen atoms in total. The van der Waals surface area contributed by atoms with E-state index < -0.39 is 0 Å². The molecular weight excluding hydrogens is 214 g/mol. The molecule has 0 amide bonds. The van der Waals surface area contributed by atoms with Crippen LogP contribution in [0.4, 0.5) is 0 Å². The summed E-state index contributed by atoms with van der Waals surface area (Å²) in [5, 5.41) is 0. The van der Waals surface area contributed by atoms with E-state index >= 15 is 0 Å². The predicted molar refractivity (Wildman–Crippen MR) is 66.5 cm³/mol. The SMILES string of the molecule is CC(C)c1c(CC2(N)CC2)ccc2c1OCO2. The van der Waals surface area contributed by atoms with Crippen LogP contribution in [0.25, 0.3) is 0 Å². The molecule has 0 spiro atoms. The first-order valence-corrected chi connectivity index (χ1v) is 6.29. The molecule has 3 heteroatoms. The lowest BCUT2D eigenvalue weighted by atomic mass is 9.91. The topological polar surface area (TPSA) is 44.5 Å². The van der Waals surface area contributed by atoms with Crippen LogP contribution in [-0.4, -0.2) is 12.3 Å². The van der Waals surface area contributed by atoms with E-state index in [1.165, 1.54) is 11.1 Å². The zero-order valence-corrected chi connectivity index (χ0v) is 10.5. The number of nitrogens with two attached hydrogens (primary N) is 1. The van der Waals surface area contributed by atoms with Gasteiger partial charge in [0.25, 0.3) is 0 Å². The number of ether oxygens (including phenoxy) is 2. The van der Waals surface area contributed by atoms with Gasteiger partial charge < -0.3 is 15.2 Å². The number of hydrogen-bond donors (Lipinski definition) is 1. The zero-order valence-electron chi connectivity index (χ0n) is 10.5. The van der Waals surface area contributed by atoms with Crippen LogP contribution in [0.15, 0.2) is 12.1 Å². The maximum atomic E-state index is 6.22. The summed E-state index contributed by atoms with van der Waals surface area (Å²) >= 11 is 0. The van der Waals surface area contributed by atoms with Crippen LogP contribution in [0.3, 0.4) is 0 Å². The van der Waals surface area contributed by atoms with Crippen molar-refractivity contribution in [2.45, 2.75) is 44.6 Å². The lowest BCUT2D eigenvalue weighted by molar-refractivity contribution is 0.173. The van der Waals surface area contributed by atoms with Crippen molar-refractivity contribution in [3.63, 3.8) is 0 Å². The molecule has 0 unspecified atom stereocenters. The second kappa shape index (κ2) is 3.64. The van der Waals surface area contributed by atoms with E-state index in [1.807, 2.05) is 6.07 Å². The second-order valence-electron chi connectivity index (χ2n) is 5.57. The van der Waals surface area contributed by atoms with Gasteiger partial charge in [-0.05, 0) is 36.8 Å². The summed E-state index contributed by atoms with van der Waals surface area (Å²) in [6.45, 7) is 4.72. The van der Waals surface area contributed by atoms with Gasteiger partial charge in [-0.2, -0.15) is 0 Å². The molecule has 92 valence electrons. The Morgan fingerprint density at radius 3 is 2.71 bits per heavy atom. The average molecular weight is 233 g/mol. The van der Waals surface area contributed by atoms with Crippen molar-refractivity contribution in [3.05, 3.63) is 23.3 Å². The molecule has 0 saturated heterocycles. The zero-order chi connectivity index (χ0) is 12.0.